The standard InChI is InChI=1S/C22H23N3O3S2/c1-29-16-6-4-5-15(13-16)23-20(26)14-9-11-25(12-10-14)22(28)19-21(27)24-17-7-2-3-8-18(17)30-19/h2-8,13-14,19H,9-12H2,1H3,(H,23,26)(H,24,27)/t19-/m1/s1. The minimum absolute atomic E-state index is 0.0148. The first-order valence-corrected chi connectivity index (χ1v) is 12.0. The first-order chi connectivity index (χ1) is 14.5. The molecule has 1 saturated heterocycles. The Morgan fingerprint density at radius 3 is 2.67 bits per heavy atom. The molecule has 0 radical (unpaired) electrons. The second-order valence-electron chi connectivity index (χ2n) is 7.30. The molecule has 0 aromatic heterocycles. The van der Waals surface area contributed by atoms with Gasteiger partial charge < -0.3 is 15.5 Å². The van der Waals surface area contributed by atoms with Crippen LogP contribution in [0.4, 0.5) is 11.4 Å². The van der Waals surface area contributed by atoms with Crippen LogP contribution in [0.5, 0.6) is 0 Å². The molecule has 0 aliphatic carbocycles. The summed E-state index contributed by atoms with van der Waals surface area (Å²) in [5, 5.41) is 5.03. The third-order valence-electron chi connectivity index (χ3n) is 5.37. The van der Waals surface area contributed by atoms with Gasteiger partial charge in [-0.3, -0.25) is 14.4 Å². The lowest BCUT2D eigenvalue weighted by Crippen LogP contribution is -2.48. The first kappa shape index (κ1) is 20.8. The van der Waals surface area contributed by atoms with E-state index in [9.17, 15) is 14.4 Å². The van der Waals surface area contributed by atoms with E-state index in [1.54, 1.807) is 16.7 Å². The zero-order chi connectivity index (χ0) is 21.1. The summed E-state index contributed by atoms with van der Waals surface area (Å²) in [6.45, 7) is 0.960. The number of carbonyl (C=O) groups excluding carboxylic acids is 3. The van der Waals surface area contributed by atoms with Gasteiger partial charge in [-0.1, -0.05) is 18.2 Å². The largest absolute Gasteiger partial charge is 0.341 e. The van der Waals surface area contributed by atoms with E-state index in [0.29, 0.717) is 25.9 Å². The number of carbonyl (C=O) groups is 3. The molecule has 6 nitrogen and oxygen atoms in total. The molecule has 0 saturated carbocycles. The molecule has 2 aromatic carbocycles. The second kappa shape index (κ2) is 9.14. The summed E-state index contributed by atoms with van der Waals surface area (Å²) in [6.07, 6.45) is 3.18. The predicted molar refractivity (Wildman–Crippen MR) is 121 cm³/mol. The smallest absolute Gasteiger partial charge is 0.247 e. The van der Waals surface area contributed by atoms with Crippen LogP contribution >= 0.6 is 23.5 Å². The maximum absolute atomic E-state index is 13.0. The summed E-state index contributed by atoms with van der Waals surface area (Å²) in [7, 11) is 0. The van der Waals surface area contributed by atoms with Gasteiger partial charge in [0.2, 0.25) is 17.7 Å². The highest BCUT2D eigenvalue weighted by atomic mass is 32.2. The third kappa shape index (κ3) is 4.49. The van der Waals surface area contributed by atoms with Crippen LogP contribution < -0.4 is 10.6 Å². The fourth-order valence-electron chi connectivity index (χ4n) is 3.69. The van der Waals surface area contributed by atoms with Crippen molar-refractivity contribution in [3.8, 4) is 0 Å². The molecule has 2 aliphatic heterocycles. The molecule has 3 amide bonds. The number of hydrogen-bond donors (Lipinski definition) is 2. The van der Waals surface area contributed by atoms with Crippen molar-refractivity contribution in [2.75, 3.05) is 30.0 Å². The van der Waals surface area contributed by atoms with Gasteiger partial charge in [0.05, 0.1) is 5.69 Å². The molecule has 4 rings (SSSR count). The molecule has 2 aromatic rings. The molecule has 2 aliphatic rings. The maximum Gasteiger partial charge on any atom is 0.247 e. The van der Waals surface area contributed by atoms with Crippen molar-refractivity contribution in [3.05, 3.63) is 48.5 Å². The van der Waals surface area contributed by atoms with Crippen molar-refractivity contribution >= 4 is 52.6 Å². The molecule has 30 heavy (non-hydrogen) atoms. The molecule has 0 bridgehead atoms. The van der Waals surface area contributed by atoms with E-state index < -0.39 is 5.25 Å². The van der Waals surface area contributed by atoms with Gasteiger partial charge in [0.25, 0.3) is 0 Å². The van der Waals surface area contributed by atoms with Gasteiger partial charge in [0.15, 0.2) is 5.25 Å². The van der Waals surface area contributed by atoms with E-state index in [1.165, 1.54) is 11.8 Å². The minimum Gasteiger partial charge on any atom is -0.341 e. The lowest BCUT2D eigenvalue weighted by molar-refractivity contribution is -0.136. The fourth-order valence-corrected chi connectivity index (χ4v) is 5.22. The number of piperidine rings is 1. The van der Waals surface area contributed by atoms with Crippen LogP contribution in [0.1, 0.15) is 12.8 Å². The molecule has 156 valence electrons. The summed E-state index contributed by atoms with van der Waals surface area (Å²) in [5.74, 6) is -0.615. The Labute approximate surface area is 184 Å². The van der Waals surface area contributed by atoms with Crippen LogP contribution in [0.3, 0.4) is 0 Å². The van der Waals surface area contributed by atoms with Crippen LogP contribution in [0.2, 0.25) is 0 Å². The Morgan fingerprint density at radius 1 is 1.13 bits per heavy atom. The van der Waals surface area contributed by atoms with Crippen molar-refractivity contribution < 1.29 is 14.4 Å². The number of fused-ring (bicyclic) bond motifs is 1. The first-order valence-electron chi connectivity index (χ1n) is 9.85. The van der Waals surface area contributed by atoms with Gasteiger partial charge in [-0.05, 0) is 49.4 Å². The zero-order valence-electron chi connectivity index (χ0n) is 16.6. The third-order valence-corrected chi connectivity index (χ3v) is 7.35. The molecule has 0 unspecified atom stereocenters. The summed E-state index contributed by atoms with van der Waals surface area (Å²) >= 11 is 2.92. The number of nitrogens with one attached hydrogen (secondary N) is 2. The second-order valence-corrected chi connectivity index (χ2v) is 9.33. The molecule has 8 heteroatoms. The van der Waals surface area contributed by atoms with E-state index in [2.05, 4.69) is 10.6 Å². The molecular formula is C22H23N3O3S2. The fraction of sp³-hybridized carbons (Fsp3) is 0.318. The average Bonchev–Trinajstić information content (AvgIpc) is 2.78. The zero-order valence-corrected chi connectivity index (χ0v) is 18.2. The van der Waals surface area contributed by atoms with Crippen LogP contribution in [-0.4, -0.2) is 47.2 Å². The number of likely N-dealkylation sites (tertiary alicyclic amines) is 1. The highest BCUT2D eigenvalue weighted by Gasteiger charge is 2.37. The predicted octanol–water partition coefficient (Wildman–Crippen LogP) is 3.70. The number of benzene rings is 2. The van der Waals surface area contributed by atoms with E-state index in [4.69, 9.17) is 0 Å². The van der Waals surface area contributed by atoms with Crippen molar-refractivity contribution in [3.63, 3.8) is 0 Å². The SMILES string of the molecule is CSc1cccc(NC(=O)C2CCN(C(=O)[C@@H]3Sc4ccccc4NC3=O)CC2)c1. The van der Waals surface area contributed by atoms with Crippen molar-refractivity contribution in [2.24, 2.45) is 5.92 Å². The number of para-hydroxylation sites is 1. The quantitative estimate of drug-likeness (QED) is 0.559. The van der Waals surface area contributed by atoms with Crippen LogP contribution in [0, 0.1) is 5.92 Å². The van der Waals surface area contributed by atoms with Crippen molar-refractivity contribution in [1.29, 1.82) is 0 Å². The number of nitrogens with zero attached hydrogens (tertiary/aromatic N) is 1. The van der Waals surface area contributed by atoms with Gasteiger partial charge >= 0.3 is 0 Å². The summed E-state index contributed by atoms with van der Waals surface area (Å²) in [6, 6.07) is 15.3. The molecular weight excluding hydrogens is 418 g/mol. The van der Waals surface area contributed by atoms with Gasteiger partial charge in [-0.15, -0.1) is 23.5 Å². The van der Waals surface area contributed by atoms with E-state index in [-0.39, 0.29) is 23.6 Å². The Morgan fingerprint density at radius 2 is 1.90 bits per heavy atom. The van der Waals surface area contributed by atoms with E-state index in [0.717, 1.165) is 21.2 Å². The monoisotopic (exact) mass is 441 g/mol. The molecule has 1 fully saturated rings. The van der Waals surface area contributed by atoms with Crippen molar-refractivity contribution in [2.45, 2.75) is 27.9 Å². The minimum atomic E-state index is -0.778. The lowest BCUT2D eigenvalue weighted by Gasteiger charge is -2.34. The summed E-state index contributed by atoms with van der Waals surface area (Å²) in [5.41, 5.74) is 1.54. The Hall–Kier alpha value is -2.45. The number of thioether (sulfide) groups is 2. The highest BCUT2D eigenvalue weighted by Crippen LogP contribution is 2.36. The molecule has 2 N–H and O–H groups in total. The number of hydrogen-bond acceptors (Lipinski definition) is 5. The maximum atomic E-state index is 13.0. The number of anilines is 2. The van der Waals surface area contributed by atoms with Gasteiger partial charge in [0, 0.05) is 34.5 Å². The van der Waals surface area contributed by atoms with E-state index >= 15 is 0 Å². The molecule has 0 spiro atoms. The number of rotatable bonds is 4. The van der Waals surface area contributed by atoms with Crippen molar-refractivity contribution in [1.82, 2.24) is 4.90 Å². The molecule has 2 heterocycles. The Bertz CT molecular complexity index is 974. The highest BCUT2D eigenvalue weighted by molar-refractivity contribution is 8.01. The average molecular weight is 442 g/mol. The number of amides is 3. The Kier molecular flexibility index (Phi) is 6.34. The Balaban J connectivity index is 1.33. The van der Waals surface area contributed by atoms with Crippen LogP contribution in [-0.2, 0) is 14.4 Å². The van der Waals surface area contributed by atoms with Crippen LogP contribution in [0.25, 0.3) is 0 Å². The van der Waals surface area contributed by atoms with Gasteiger partial charge in [-0.2, -0.15) is 0 Å². The summed E-state index contributed by atoms with van der Waals surface area (Å²) in [4.78, 5) is 41.7. The van der Waals surface area contributed by atoms with Gasteiger partial charge in [-0.25, -0.2) is 0 Å². The molecule has 1 atom stereocenters. The topological polar surface area (TPSA) is 78.5 Å². The summed E-state index contributed by atoms with van der Waals surface area (Å²) < 4.78 is 0. The lowest BCUT2D eigenvalue weighted by atomic mass is 9.95. The van der Waals surface area contributed by atoms with E-state index in [1.807, 2.05) is 54.8 Å². The normalized spacial score (nSPS) is 19.0. The van der Waals surface area contributed by atoms with Gasteiger partial charge in [0.1, 0.15) is 0 Å². The van der Waals surface area contributed by atoms with Crippen LogP contribution in [0.15, 0.2) is 58.3 Å².